The highest BCUT2D eigenvalue weighted by Gasteiger charge is 2.48. The average Bonchev–Trinajstić information content (AvgIpc) is 3.17. The van der Waals surface area contributed by atoms with Crippen LogP contribution in [0.1, 0.15) is 12.8 Å². The van der Waals surface area contributed by atoms with Crippen LogP contribution < -0.4 is 0 Å². The Morgan fingerprint density at radius 2 is 2.10 bits per heavy atom. The standard InChI is InChI=1S/C13H16N2O4S/c16-13(17)12-8-15(7-11(12)9-3-4-9)20(18,19)10-2-1-5-14-6-10/h1-2,5-6,9,11-12H,3-4,7-8H2,(H,16,17)/t11-,12+/m0/s1. The third kappa shape index (κ3) is 2.31. The van der Waals surface area contributed by atoms with Gasteiger partial charge in [-0.05, 0) is 36.8 Å². The fraction of sp³-hybridized carbons (Fsp3) is 0.538. The average molecular weight is 296 g/mol. The van der Waals surface area contributed by atoms with Gasteiger partial charge in [-0.1, -0.05) is 0 Å². The van der Waals surface area contributed by atoms with Crippen LogP contribution in [0.15, 0.2) is 29.4 Å². The van der Waals surface area contributed by atoms with E-state index in [1.807, 2.05) is 0 Å². The molecule has 0 bridgehead atoms. The molecular formula is C13H16N2O4S. The molecule has 0 spiro atoms. The summed E-state index contributed by atoms with van der Waals surface area (Å²) in [6, 6.07) is 3.05. The lowest BCUT2D eigenvalue weighted by Crippen LogP contribution is -2.30. The van der Waals surface area contributed by atoms with E-state index < -0.39 is 21.9 Å². The molecule has 1 aliphatic heterocycles. The quantitative estimate of drug-likeness (QED) is 0.888. The molecule has 2 fully saturated rings. The Balaban J connectivity index is 1.86. The number of carbonyl (C=O) groups is 1. The molecule has 1 aromatic rings. The fourth-order valence-electron chi connectivity index (χ4n) is 2.90. The predicted molar refractivity (Wildman–Crippen MR) is 70.3 cm³/mol. The molecular weight excluding hydrogens is 280 g/mol. The van der Waals surface area contributed by atoms with Gasteiger partial charge in [0.05, 0.1) is 5.92 Å². The molecule has 0 unspecified atom stereocenters. The van der Waals surface area contributed by atoms with Crippen LogP contribution in [-0.4, -0.2) is 41.9 Å². The first-order chi connectivity index (χ1) is 9.50. The molecule has 20 heavy (non-hydrogen) atoms. The fourth-order valence-corrected chi connectivity index (χ4v) is 4.37. The molecule has 7 heteroatoms. The van der Waals surface area contributed by atoms with Crippen molar-refractivity contribution >= 4 is 16.0 Å². The Kier molecular flexibility index (Phi) is 3.25. The largest absolute Gasteiger partial charge is 0.481 e. The van der Waals surface area contributed by atoms with Crippen molar-refractivity contribution in [2.45, 2.75) is 17.7 Å². The lowest BCUT2D eigenvalue weighted by atomic mass is 9.92. The third-order valence-corrected chi connectivity index (χ3v) is 5.96. The smallest absolute Gasteiger partial charge is 0.308 e. The Hall–Kier alpha value is -1.47. The van der Waals surface area contributed by atoms with Crippen LogP contribution in [0.25, 0.3) is 0 Å². The Labute approximate surface area is 117 Å². The summed E-state index contributed by atoms with van der Waals surface area (Å²) >= 11 is 0. The molecule has 1 saturated heterocycles. The van der Waals surface area contributed by atoms with Gasteiger partial charge in [-0.3, -0.25) is 9.78 Å². The minimum Gasteiger partial charge on any atom is -0.481 e. The van der Waals surface area contributed by atoms with Crippen molar-refractivity contribution < 1.29 is 18.3 Å². The van der Waals surface area contributed by atoms with Crippen LogP contribution in [0, 0.1) is 17.8 Å². The van der Waals surface area contributed by atoms with Crippen LogP contribution in [0.4, 0.5) is 0 Å². The number of pyridine rings is 1. The molecule has 2 atom stereocenters. The summed E-state index contributed by atoms with van der Waals surface area (Å²) in [4.78, 5) is 15.3. The van der Waals surface area contributed by atoms with Crippen molar-refractivity contribution in [3.05, 3.63) is 24.5 Å². The predicted octanol–water partition coefficient (Wildman–Crippen LogP) is 0.813. The van der Waals surface area contributed by atoms with Crippen LogP contribution in [0.5, 0.6) is 0 Å². The van der Waals surface area contributed by atoms with Crippen LogP contribution in [0.3, 0.4) is 0 Å². The van der Waals surface area contributed by atoms with Crippen LogP contribution in [-0.2, 0) is 14.8 Å². The van der Waals surface area contributed by atoms with Crippen molar-refractivity contribution in [2.75, 3.05) is 13.1 Å². The summed E-state index contributed by atoms with van der Waals surface area (Å²) in [6.07, 6.45) is 4.83. The number of nitrogens with zero attached hydrogens (tertiary/aromatic N) is 2. The van der Waals surface area contributed by atoms with Gasteiger partial charge < -0.3 is 5.11 Å². The highest BCUT2D eigenvalue weighted by Crippen LogP contribution is 2.45. The number of aliphatic carboxylic acids is 1. The minimum absolute atomic E-state index is 0.0565. The zero-order valence-electron chi connectivity index (χ0n) is 10.8. The van der Waals surface area contributed by atoms with Crippen molar-refractivity contribution in [1.29, 1.82) is 0 Å². The second-order valence-corrected chi connectivity index (χ2v) is 7.39. The second kappa shape index (κ2) is 4.82. The molecule has 0 aromatic carbocycles. The van der Waals surface area contributed by atoms with E-state index in [2.05, 4.69) is 4.98 Å². The SMILES string of the molecule is O=C(O)[C@@H]1CN(S(=O)(=O)c2cccnc2)C[C@H]1C1CC1. The van der Waals surface area contributed by atoms with E-state index in [1.165, 1.54) is 22.8 Å². The van der Waals surface area contributed by atoms with Crippen LogP contribution in [0.2, 0.25) is 0 Å². The van der Waals surface area contributed by atoms with Crippen molar-refractivity contribution in [2.24, 2.45) is 17.8 Å². The van der Waals surface area contributed by atoms with Gasteiger partial charge in [-0.25, -0.2) is 8.42 Å². The number of carboxylic acid groups (broad SMARTS) is 1. The minimum atomic E-state index is -3.64. The van der Waals surface area contributed by atoms with E-state index in [-0.39, 0.29) is 17.4 Å². The molecule has 0 radical (unpaired) electrons. The zero-order valence-corrected chi connectivity index (χ0v) is 11.7. The van der Waals surface area contributed by atoms with E-state index in [0.717, 1.165) is 12.8 Å². The maximum Gasteiger partial charge on any atom is 0.308 e. The number of carboxylic acids is 1. The first-order valence-electron chi connectivity index (χ1n) is 6.63. The van der Waals surface area contributed by atoms with E-state index in [9.17, 15) is 18.3 Å². The number of sulfonamides is 1. The van der Waals surface area contributed by atoms with Crippen molar-refractivity contribution in [1.82, 2.24) is 9.29 Å². The van der Waals surface area contributed by atoms with E-state index in [0.29, 0.717) is 12.5 Å². The van der Waals surface area contributed by atoms with Crippen molar-refractivity contribution in [3.63, 3.8) is 0 Å². The zero-order chi connectivity index (χ0) is 14.3. The van der Waals surface area contributed by atoms with Gasteiger partial charge in [0.25, 0.3) is 0 Å². The molecule has 2 aliphatic rings. The third-order valence-electron chi connectivity index (χ3n) is 4.15. The van der Waals surface area contributed by atoms with Gasteiger partial charge in [0, 0.05) is 25.5 Å². The van der Waals surface area contributed by atoms with Gasteiger partial charge in [-0.15, -0.1) is 0 Å². The number of hydrogen-bond acceptors (Lipinski definition) is 4. The number of hydrogen-bond donors (Lipinski definition) is 1. The van der Waals surface area contributed by atoms with Gasteiger partial charge in [-0.2, -0.15) is 4.31 Å². The second-order valence-electron chi connectivity index (χ2n) is 5.46. The Morgan fingerprint density at radius 3 is 2.65 bits per heavy atom. The maximum atomic E-state index is 12.5. The normalized spacial score (nSPS) is 27.6. The number of rotatable bonds is 4. The summed E-state index contributed by atoms with van der Waals surface area (Å²) in [5, 5.41) is 9.28. The van der Waals surface area contributed by atoms with Gasteiger partial charge in [0.1, 0.15) is 4.90 Å². The van der Waals surface area contributed by atoms with E-state index in [1.54, 1.807) is 6.07 Å². The molecule has 1 aliphatic carbocycles. The van der Waals surface area contributed by atoms with E-state index >= 15 is 0 Å². The first kappa shape index (κ1) is 13.5. The summed E-state index contributed by atoms with van der Waals surface area (Å²) in [7, 11) is -3.64. The van der Waals surface area contributed by atoms with E-state index in [4.69, 9.17) is 0 Å². The van der Waals surface area contributed by atoms with Crippen LogP contribution >= 0.6 is 0 Å². The topological polar surface area (TPSA) is 87.6 Å². The van der Waals surface area contributed by atoms with Crippen molar-refractivity contribution in [3.8, 4) is 0 Å². The molecule has 2 heterocycles. The monoisotopic (exact) mass is 296 g/mol. The summed E-state index contributed by atoms with van der Waals surface area (Å²) in [5.41, 5.74) is 0. The number of aromatic nitrogens is 1. The van der Waals surface area contributed by atoms with Gasteiger partial charge in [0.15, 0.2) is 0 Å². The highest BCUT2D eigenvalue weighted by molar-refractivity contribution is 7.89. The summed E-state index contributed by atoms with van der Waals surface area (Å²) in [5.74, 6) is -1.18. The molecule has 1 saturated carbocycles. The lowest BCUT2D eigenvalue weighted by Gasteiger charge is -2.15. The summed E-state index contributed by atoms with van der Waals surface area (Å²) < 4.78 is 26.3. The molecule has 1 aromatic heterocycles. The maximum absolute atomic E-state index is 12.5. The molecule has 3 rings (SSSR count). The Morgan fingerprint density at radius 1 is 1.35 bits per heavy atom. The Bertz CT molecular complexity index is 613. The van der Waals surface area contributed by atoms with Gasteiger partial charge >= 0.3 is 5.97 Å². The summed E-state index contributed by atoms with van der Waals surface area (Å²) in [6.45, 7) is 0.368. The first-order valence-corrected chi connectivity index (χ1v) is 8.07. The molecule has 1 N–H and O–H groups in total. The van der Waals surface area contributed by atoms with Gasteiger partial charge in [0.2, 0.25) is 10.0 Å². The molecule has 6 nitrogen and oxygen atoms in total. The lowest BCUT2D eigenvalue weighted by molar-refractivity contribution is -0.142. The highest BCUT2D eigenvalue weighted by atomic mass is 32.2. The molecule has 0 amide bonds. The molecule has 108 valence electrons.